The molecule has 7 heteroatoms. The number of benzene rings is 1. The predicted octanol–water partition coefficient (Wildman–Crippen LogP) is 3.45. The molecule has 4 rings (SSSR count). The predicted molar refractivity (Wildman–Crippen MR) is 96.3 cm³/mol. The van der Waals surface area contributed by atoms with Crippen LogP contribution in [0.1, 0.15) is 30.5 Å². The summed E-state index contributed by atoms with van der Waals surface area (Å²) >= 11 is 12.8. The summed E-state index contributed by atoms with van der Waals surface area (Å²) in [5.41, 5.74) is 3.77. The third-order valence-electron chi connectivity index (χ3n) is 4.88. The fraction of sp³-hybridized carbons (Fsp3) is 0.471. The van der Waals surface area contributed by atoms with Crippen LogP contribution in [0.2, 0.25) is 10.0 Å². The van der Waals surface area contributed by atoms with Gasteiger partial charge in [0.2, 0.25) is 5.91 Å². The molecule has 0 saturated carbocycles. The van der Waals surface area contributed by atoms with Crippen molar-refractivity contribution in [1.82, 2.24) is 10.3 Å². The van der Waals surface area contributed by atoms with Crippen LogP contribution in [0.15, 0.2) is 6.07 Å². The number of carbonyl (C=O) groups is 1. The van der Waals surface area contributed by atoms with E-state index in [9.17, 15) is 4.79 Å². The van der Waals surface area contributed by atoms with Gasteiger partial charge in [-0.3, -0.25) is 4.79 Å². The number of carbonyl (C=O) groups excluding carboxylic acids is 1. The first-order valence-corrected chi connectivity index (χ1v) is 8.96. The van der Waals surface area contributed by atoms with Crippen LogP contribution in [0.25, 0.3) is 10.9 Å². The summed E-state index contributed by atoms with van der Waals surface area (Å²) in [5, 5.41) is 8.44. The Hall–Kier alpha value is -1.43. The first kappa shape index (κ1) is 16.1. The second-order valence-corrected chi connectivity index (χ2v) is 7.24. The molecule has 2 aliphatic rings. The van der Waals surface area contributed by atoms with Crippen LogP contribution in [0.4, 0.5) is 5.69 Å². The Balaban J connectivity index is 1.92. The Morgan fingerprint density at radius 2 is 2.21 bits per heavy atom. The normalized spacial score (nSPS) is 23.9. The molecule has 5 nitrogen and oxygen atoms in total. The van der Waals surface area contributed by atoms with E-state index >= 15 is 0 Å². The molecule has 1 amide bonds. The number of aromatic nitrogens is 1. The molecule has 0 bridgehead atoms. The van der Waals surface area contributed by atoms with E-state index in [0.717, 1.165) is 47.3 Å². The van der Waals surface area contributed by atoms with Crippen molar-refractivity contribution >= 4 is 45.7 Å². The lowest BCUT2D eigenvalue weighted by Gasteiger charge is -2.17. The van der Waals surface area contributed by atoms with E-state index in [4.69, 9.17) is 27.9 Å². The number of hydrogen-bond donors (Lipinski definition) is 3. The molecule has 1 fully saturated rings. The molecule has 1 unspecified atom stereocenters. The highest BCUT2D eigenvalue weighted by molar-refractivity contribution is 6.45. The average molecular weight is 368 g/mol. The Morgan fingerprint density at radius 1 is 1.38 bits per heavy atom. The van der Waals surface area contributed by atoms with E-state index in [1.165, 1.54) is 0 Å². The Morgan fingerprint density at radius 3 is 2.96 bits per heavy atom. The van der Waals surface area contributed by atoms with Crippen LogP contribution >= 0.6 is 23.2 Å². The van der Waals surface area contributed by atoms with Crippen molar-refractivity contribution in [3.05, 3.63) is 27.4 Å². The Kier molecular flexibility index (Phi) is 4.11. The minimum absolute atomic E-state index is 0.0378. The van der Waals surface area contributed by atoms with E-state index in [2.05, 4.69) is 15.6 Å². The molecule has 1 aromatic carbocycles. The average Bonchev–Trinajstić information content (AvgIpc) is 3.16. The standard InChI is InChI=1S/C17H19Cl2N3O2/c1-8-13-11(2-4-20-17(8)23)22-16-14(13)12(6-10(18)15(16)19)21-9-3-5-24-7-9/h6,8-9,21-22H,2-5,7H2,1H3,(H,20,23)/t8?,9-/m1/s1. The molecule has 2 aromatic rings. The molecular weight excluding hydrogens is 349 g/mol. The number of halogens is 2. The van der Waals surface area contributed by atoms with Gasteiger partial charge in [0.25, 0.3) is 0 Å². The number of hydrogen-bond acceptors (Lipinski definition) is 3. The highest BCUT2D eigenvalue weighted by atomic mass is 35.5. The van der Waals surface area contributed by atoms with E-state index in [1.54, 1.807) is 0 Å². The molecule has 0 radical (unpaired) electrons. The van der Waals surface area contributed by atoms with Gasteiger partial charge in [-0.05, 0) is 25.0 Å². The minimum Gasteiger partial charge on any atom is -0.379 e. The second-order valence-electron chi connectivity index (χ2n) is 6.45. The van der Waals surface area contributed by atoms with Crippen molar-refractivity contribution in [2.45, 2.75) is 31.7 Å². The van der Waals surface area contributed by atoms with Crippen LogP contribution in [0.3, 0.4) is 0 Å². The summed E-state index contributed by atoms with van der Waals surface area (Å²) in [6, 6.07) is 2.10. The smallest absolute Gasteiger partial charge is 0.227 e. The van der Waals surface area contributed by atoms with Crippen LogP contribution < -0.4 is 10.6 Å². The van der Waals surface area contributed by atoms with Crippen molar-refractivity contribution in [2.75, 3.05) is 25.1 Å². The zero-order valence-corrected chi connectivity index (χ0v) is 14.9. The maximum absolute atomic E-state index is 12.3. The summed E-state index contributed by atoms with van der Waals surface area (Å²) in [6.45, 7) is 3.97. The molecule has 1 saturated heterocycles. The van der Waals surface area contributed by atoms with Crippen molar-refractivity contribution in [1.29, 1.82) is 0 Å². The van der Waals surface area contributed by atoms with Gasteiger partial charge in [-0.2, -0.15) is 0 Å². The number of nitrogens with one attached hydrogen (secondary N) is 3. The van der Waals surface area contributed by atoms with E-state index in [0.29, 0.717) is 23.2 Å². The molecule has 2 atom stereocenters. The molecular formula is C17H19Cl2N3O2. The maximum Gasteiger partial charge on any atom is 0.227 e. The molecule has 24 heavy (non-hydrogen) atoms. The molecule has 128 valence electrons. The SMILES string of the molecule is CC1C(=O)NCCc2[nH]c3c(Cl)c(Cl)cc(N[C@@H]4CCOC4)c3c21. The number of H-pyrrole nitrogens is 1. The lowest BCUT2D eigenvalue weighted by molar-refractivity contribution is -0.121. The number of ether oxygens (including phenoxy) is 1. The summed E-state index contributed by atoms with van der Waals surface area (Å²) in [6.07, 6.45) is 1.70. The van der Waals surface area contributed by atoms with Crippen LogP contribution in [-0.4, -0.2) is 36.7 Å². The number of aromatic amines is 1. The summed E-state index contributed by atoms with van der Waals surface area (Å²) in [5.74, 6) is -0.204. The monoisotopic (exact) mass is 367 g/mol. The molecule has 2 aliphatic heterocycles. The third-order valence-corrected chi connectivity index (χ3v) is 5.67. The topological polar surface area (TPSA) is 66.2 Å². The zero-order valence-electron chi connectivity index (χ0n) is 13.3. The molecule has 3 heterocycles. The first-order chi connectivity index (χ1) is 11.6. The summed E-state index contributed by atoms with van der Waals surface area (Å²) in [4.78, 5) is 15.7. The van der Waals surface area contributed by atoms with Crippen molar-refractivity contribution in [2.24, 2.45) is 0 Å². The molecule has 1 aromatic heterocycles. The molecule has 3 N–H and O–H groups in total. The van der Waals surface area contributed by atoms with E-state index in [1.807, 2.05) is 13.0 Å². The fourth-order valence-corrected chi connectivity index (χ4v) is 4.04. The van der Waals surface area contributed by atoms with Gasteiger partial charge in [0.1, 0.15) is 0 Å². The largest absolute Gasteiger partial charge is 0.379 e. The fourth-order valence-electron chi connectivity index (χ4n) is 3.64. The van der Waals surface area contributed by atoms with E-state index in [-0.39, 0.29) is 17.9 Å². The van der Waals surface area contributed by atoms with Gasteiger partial charge in [0.05, 0.1) is 34.1 Å². The van der Waals surface area contributed by atoms with E-state index < -0.39 is 0 Å². The highest BCUT2D eigenvalue weighted by Gasteiger charge is 2.29. The number of fused-ring (bicyclic) bond motifs is 3. The van der Waals surface area contributed by atoms with Gasteiger partial charge in [-0.15, -0.1) is 0 Å². The number of rotatable bonds is 2. The number of anilines is 1. The van der Waals surface area contributed by atoms with Crippen LogP contribution in [0, 0.1) is 0 Å². The van der Waals surface area contributed by atoms with Crippen molar-refractivity contribution in [3.63, 3.8) is 0 Å². The van der Waals surface area contributed by atoms with Crippen LogP contribution in [0.5, 0.6) is 0 Å². The molecule has 0 spiro atoms. The second kappa shape index (κ2) is 6.14. The first-order valence-electron chi connectivity index (χ1n) is 8.20. The zero-order chi connectivity index (χ0) is 16.8. The summed E-state index contributed by atoms with van der Waals surface area (Å²) < 4.78 is 5.45. The number of amides is 1. The highest BCUT2D eigenvalue weighted by Crippen LogP contribution is 2.42. The molecule has 0 aliphatic carbocycles. The lowest BCUT2D eigenvalue weighted by Crippen LogP contribution is -2.27. The van der Waals surface area contributed by atoms with Gasteiger partial charge < -0.3 is 20.4 Å². The van der Waals surface area contributed by atoms with Crippen LogP contribution in [-0.2, 0) is 16.0 Å². The lowest BCUT2D eigenvalue weighted by atomic mass is 9.96. The van der Waals surface area contributed by atoms with Gasteiger partial charge in [0.15, 0.2) is 0 Å². The van der Waals surface area contributed by atoms with Gasteiger partial charge in [-0.25, -0.2) is 0 Å². The Labute approximate surface area is 150 Å². The Bertz CT molecular complexity index is 812. The van der Waals surface area contributed by atoms with Crippen molar-refractivity contribution in [3.8, 4) is 0 Å². The van der Waals surface area contributed by atoms with Gasteiger partial charge in [0, 0.05) is 36.3 Å². The summed E-state index contributed by atoms with van der Waals surface area (Å²) in [7, 11) is 0. The third kappa shape index (κ3) is 2.55. The van der Waals surface area contributed by atoms with Crippen molar-refractivity contribution < 1.29 is 9.53 Å². The van der Waals surface area contributed by atoms with Gasteiger partial charge >= 0.3 is 0 Å². The minimum atomic E-state index is -0.242. The maximum atomic E-state index is 12.3. The van der Waals surface area contributed by atoms with Gasteiger partial charge in [-0.1, -0.05) is 23.2 Å². The quantitative estimate of drug-likeness (QED) is 0.761.